The van der Waals surface area contributed by atoms with Gasteiger partial charge in [-0.25, -0.2) is 0 Å². The maximum atomic E-state index is 12.9. The summed E-state index contributed by atoms with van der Waals surface area (Å²) in [5.74, 6) is -1.55. The predicted molar refractivity (Wildman–Crippen MR) is 449 cm³/mol. The van der Waals surface area contributed by atoms with Crippen LogP contribution in [0.1, 0.15) is 403 Å². The third-order valence-corrected chi connectivity index (χ3v) is 18.8. The van der Waals surface area contributed by atoms with Gasteiger partial charge in [0.1, 0.15) is 0 Å². The van der Waals surface area contributed by atoms with Crippen LogP contribution in [0.5, 0.6) is 0 Å². The van der Waals surface area contributed by atoms with Crippen LogP contribution >= 0.6 is 0 Å². The predicted octanol–water partition coefficient (Wildman–Crippen LogP) is 22.4. The van der Waals surface area contributed by atoms with Crippen LogP contribution in [0.4, 0.5) is 0 Å². The van der Waals surface area contributed by atoms with Crippen LogP contribution in [-0.4, -0.2) is 98.1 Å². The Morgan fingerprint density at radius 2 is 0.472 bits per heavy atom. The van der Waals surface area contributed by atoms with Crippen LogP contribution < -0.4 is 0 Å². The Hall–Kier alpha value is -7.86. The first-order valence-corrected chi connectivity index (χ1v) is 37.7. The Morgan fingerprint density at radius 3 is 0.806 bits per heavy atom. The zero-order valence-electron chi connectivity index (χ0n) is 90.1. The van der Waals surface area contributed by atoms with E-state index in [1.165, 1.54) is 41.5 Å². The summed E-state index contributed by atoms with van der Waals surface area (Å²) in [4.78, 5) is 85.6. The molecule has 0 aromatic heterocycles. The van der Waals surface area contributed by atoms with Crippen molar-refractivity contribution in [2.24, 2.45) is 0 Å². The molecule has 0 aliphatic carbocycles. The molecule has 6 aromatic carbocycles. The van der Waals surface area contributed by atoms with Gasteiger partial charge in [-0.2, -0.15) is 0 Å². The Kier molecular flexibility index (Phi) is 17.8. The van der Waals surface area contributed by atoms with Gasteiger partial charge < -0.3 is 29.4 Å². The second kappa shape index (κ2) is 30.1. The van der Waals surface area contributed by atoms with E-state index in [1.807, 2.05) is 261 Å². The topological polar surface area (TPSA) is 122 Å². The van der Waals surface area contributed by atoms with Gasteiger partial charge in [0.15, 0.2) is 0 Å². The zero-order chi connectivity index (χ0) is 98.1. The average Bonchev–Trinajstić information content (AvgIpc) is 1.49. The van der Waals surface area contributed by atoms with E-state index in [9.17, 15) is 28.8 Å². The van der Waals surface area contributed by atoms with Crippen molar-refractivity contribution in [1.29, 1.82) is 0 Å². The van der Waals surface area contributed by atoms with Crippen LogP contribution in [0.2, 0.25) is 0 Å². The lowest BCUT2D eigenvalue weighted by Crippen LogP contribution is -2.41. The molecule has 6 aliphatic heterocycles. The van der Waals surface area contributed by atoms with Crippen molar-refractivity contribution in [3.05, 3.63) is 209 Å². The van der Waals surface area contributed by atoms with E-state index in [1.54, 1.807) is 30.3 Å². The molecular formula is C96H138N6O6. The Morgan fingerprint density at radius 1 is 0.231 bits per heavy atom. The van der Waals surface area contributed by atoms with E-state index in [0.717, 1.165) is 16.7 Å². The summed E-state index contributed by atoms with van der Waals surface area (Å²) >= 11 is 0. The summed E-state index contributed by atoms with van der Waals surface area (Å²) in [5.41, 5.74) is 3.46. The SMILES string of the molecule is [2H]C1([2H])c2cccc(C(C)(C)C)c2C(=O)N1C(C)(C)C.[2H]c1c([2H])c2c(c(C(C)(C)C)c1[2H])C(=O)N(C(C)(C)C)C2[2H].[2H]c1cc(C(C)(C)C)c2c(c1)C([2H])([2H])N(C(C)(C)C)C2=O.[2H]c1cc(C(C)(C)C)c2c(c1[2H])C([2H])N(C(C)(C)C)C2=O.[2H]c1cc([2H])c(C(C)(C)C)c2c1C([2H])N(C(C)(C)C)C2=O.[2H]c1ccc2c(c1C(C)(C)C)C(=O)N(C(C)(C)C)C2([2H])[2H]. The molecule has 0 saturated carbocycles. The standard InChI is InChI=1S/6C16H23NO/c6*1-15(2,3)12-9-7-8-11-10-17(16(4,5)6)14(18)13(11)12/h6*7-9H,10H2,1-6H3/i7D,8D,9D,10D;8D,9D,10D;7D,8D,10D;9D,10D2;7D,10D2;10D2. The number of nitrogens with zero attached hydrogens (tertiary/aromatic N) is 6. The normalized spacial score (nSPS) is 21.9. The van der Waals surface area contributed by atoms with Gasteiger partial charge in [-0.05, 0) is 224 Å². The lowest BCUT2D eigenvalue weighted by molar-refractivity contribution is 0.0599. The first-order chi connectivity index (χ1) is 56.0. The van der Waals surface area contributed by atoms with Crippen molar-refractivity contribution >= 4 is 35.4 Å². The monoisotopic (exact) mass is 1490 g/mol. The minimum absolute atomic E-state index is 0.00176. The lowest BCUT2D eigenvalue weighted by Gasteiger charge is -2.32. The molecule has 0 saturated heterocycles. The summed E-state index contributed by atoms with van der Waals surface area (Å²) in [6, 6.07) is 15.4. The molecule has 6 heterocycles. The quantitative estimate of drug-likeness (QED) is 0.149. The lowest BCUT2D eigenvalue weighted by atomic mass is 9.82. The molecule has 6 aromatic rings. The largest absolute Gasteiger partial charge is 0.329 e. The van der Waals surface area contributed by atoms with Gasteiger partial charge in [0.25, 0.3) is 35.4 Å². The molecule has 0 fully saturated rings. The van der Waals surface area contributed by atoms with Crippen LogP contribution in [-0.2, 0) is 71.5 Å². The third kappa shape index (κ3) is 19.1. The van der Waals surface area contributed by atoms with E-state index in [0.29, 0.717) is 78.4 Å². The van der Waals surface area contributed by atoms with Crippen LogP contribution in [0.3, 0.4) is 0 Å². The fourth-order valence-corrected chi connectivity index (χ4v) is 13.1. The number of carbonyl (C=O) groups excluding carboxylic acids is 6. The van der Waals surface area contributed by atoms with E-state index >= 15 is 0 Å². The van der Waals surface area contributed by atoms with Crippen molar-refractivity contribution in [3.63, 3.8) is 0 Å². The van der Waals surface area contributed by atoms with Crippen molar-refractivity contribution in [2.75, 3.05) is 0 Å². The zero-order valence-corrected chi connectivity index (χ0v) is 72.1. The van der Waals surface area contributed by atoms with E-state index in [2.05, 4.69) is 0 Å². The summed E-state index contributed by atoms with van der Waals surface area (Å²) in [5, 5.41) is 0. The molecule has 0 radical (unpaired) electrons. The third-order valence-electron chi connectivity index (χ3n) is 18.8. The first-order valence-electron chi connectivity index (χ1n) is 46.9. The number of rotatable bonds is 0. The number of benzene rings is 6. The van der Waals surface area contributed by atoms with E-state index in [-0.39, 0.29) is 122 Å². The molecule has 588 valence electrons. The number of hydrogen-bond donors (Lipinski definition) is 0. The van der Waals surface area contributed by atoms with E-state index in [4.69, 9.17) is 24.7 Å². The van der Waals surface area contributed by atoms with Gasteiger partial charge in [-0.1, -0.05) is 234 Å². The molecule has 12 rings (SSSR count). The van der Waals surface area contributed by atoms with Crippen LogP contribution in [0.25, 0.3) is 0 Å². The Bertz CT molecular complexity index is 5340. The Labute approximate surface area is 678 Å². The van der Waals surface area contributed by atoms with E-state index < -0.39 is 77.7 Å². The molecule has 3 atom stereocenters. The number of carbonyl (C=O) groups is 6. The van der Waals surface area contributed by atoms with Crippen LogP contribution in [0, 0.1) is 0 Å². The smallest absolute Gasteiger partial charge is 0.255 e. The molecule has 12 heteroatoms. The van der Waals surface area contributed by atoms with Crippen molar-refractivity contribution in [1.82, 2.24) is 29.4 Å². The second-order valence-electron chi connectivity index (χ2n) is 41.0. The van der Waals surface area contributed by atoms with Gasteiger partial charge in [0.2, 0.25) is 0 Å². The molecule has 6 amide bonds. The minimum Gasteiger partial charge on any atom is -0.329 e. The number of amides is 6. The van der Waals surface area contributed by atoms with Gasteiger partial charge in [0.05, 0.1) is 24.7 Å². The fraction of sp³-hybridized carbons (Fsp3) is 0.562. The maximum Gasteiger partial charge on any atom is 0.255 e. The summed E-state index contributed by atoms with van der Waals surface area (Å²) < 4.78 is 148. The second-order valence-corrected chi connectivity index (χ2v) is 41.0. The highest BCUT2D eigenvalue weighted by molar-refractivity contribution is 6.04. The molecule has 0 spiro atoms. The van der Waals surface area contributed by atoms with Gasteiger partial charge >= 0.3 is 0 Å². The molecule has 0 N–H and O–H groups in total. The van der Waals surface area contributed by atoms with Crippen molar-refractivity contribution < 1.29 is 53.4 Å². The van der Waals surface area contributed by atoms with Crippen molar-refractivity contribution in [3.8, 4) is 0 Å². The summed E-state index contributed by atoms with van der Waals surface area (Å²) in [6.45, 7) is 60.5. The van der Waals surface area contributed by atoms with Crippen LogP contribution in [0.15, 0.2) is 109 Å². The average molecular weight is 1490 g/mol. The number of fused-ring (bicyclic) bond motifs is 6. The minimum atomic E-state index is -1.89. The van der Waals surface area contributed by atoms with Gasteiger partial charge in [-0.3, -0.25) is 28.8 Å². The highest BCUT2D eigenvalue weighted by atomic mass is 16.2. The summed E-state index contributed by atoms with van der Waals surface area (Å²) in [7, 11) is 0. The highest BCUT2D eigenvalue weighted by Gasteiger charge is 2.44. The fourth-order valence-electron chi connectivity index (χ4n) is 13.1. The molecular weight excluding hydrogens is 1330 g/mol. The number of hydrogen-bond acceptors (Lipinski definition) is 6. The molecule has 12 nitrogen and oxygen atoms in total. The first kappa shape index (κ1) is 63.9. The van der Waals surface area contributed by atoms with Crippen molar-refractivity contribution in [2.45, 2.75) is 354 Å². The molecule has 0 bridgehead atoms. The highest BCUT2D eigenvalue weighted by Crippen LogP contribution is 2.43. The molecule has 3 unspecified atom stereocenters. The van der Waals surface area contributed by atoms with Gasteiger partial charge in [0, 0.05) is 106 Å². The maximum absolute atomic E-state index is 12.9. The molecule has 6 aliphatic rings. The van der Waals surface area contributed by atoms with Gasteiger partial charge in [-0.15, -0.1) is 0 Å². The Balaban J connectivity index is 0.000000207. The molecule has 108 heavy (non-hydrogen) atoms. The summed E-state index contributed by atoms with van der Waals surface area (Å²) in [6.07, 6.45) is 0.